The van der Waals surface area contributed by atoms with E-state index in [1.807, 2.05) is 20.8 Å². The van der Waals surface area contributed by atoms with Crippen molar-refractivity contribution in [3.8, 4) is 5.75 Å². The molecule has 1 aromatic carbocycles. The zero-order valence-electron chi connectivity index (χ0n) is 14.7. The van der Waals surface area contributed by atoms with Gasteiger partial charge in [-0.05, 0) is 45.4 Å². The number of fused-ring (bicyclic) bond motifs is 1. The highest BCUT2D eigenvalue weighted by atomic mass is 32.2. The van der Waals surface area contributed by atoms with E-state index in [-0.39, 0.29) is 13.0 Å². The predicted octanol–water partition coefficient (Wildman–Crippen LogP) is 3.89. The summed E-state index contributed by atoms with van der Waals surface area (Å²) in [6.45, 7) is 6.16. The van der Waals surface area contributed by atoms with Crippen molar-refractivity contribution >= 4 is 11.0 Å². The van der Waals surface area contributed by atoms with Crippen molar-refractivity contribution in [2.75, 3.05) is 13.2 Å². The summed E-state index contributed by atoms with van der Waals surface area (Å²) in [4.78, 5) is 2.65. The lowest BCUT2D eigenvalue weighted by molar-refractivity contribution is 0.0719. The molecule has 2 rings (SSSR count). The maximum absolute atomic E-state index is 14.0. The molecule has 1 heterocycles. The third-order valence-electron chi connectivity index (χ3n) is 3.96. The van der Waals surface area contributed by atoms with E-state index >= 15 is 0 Å². The minimum atomic E-state index is -1.37. The van der Waals surface area contributed by atoms with Gasteiger partial charge in [0.1, 0.15) is 23.8 Å². The van der Waals surface area contributed by atoms with Crippen molar-refractivity contribution < 1.29 is 17.7 Å². The van der Waals surface area contributed by atoms with E-state index < -0.39 is 39.9 Å². The van der Waals surface area contributed by atoms with Crippen LogP contribution in [0.15, 0.2) is 17.2 Å². The summed E-state index contributed by atoms with van der Waals surface area (Å²) in [5, 5.41) is 3.42. The van der Waals surface area contributed by atoms with Gasteiger partial charge < -0.3 is 4.74 Å². The molecule has 0 radical (unpaired) electrons. The number of nitrogens with one attached hydrogen (secondary N) is 1. The highest BCUT2D eigenvalue weighted by molar-refractivity contribution is 7.84. The summed E-state index contributed by atoms with van der Waals surface area (Å²) in [7, 11) is -1.37. The maximum Gasteiger partial charge on any atom is 0.147 e. The minimum Gasteiger partial charge on any atom is -0.483 e. The molecule has 3 atom stereocenters. The molecule has 6 nitrogen and oxygen atoms in total. The SMILES string of the molecule is C[C@@H](NS(=O)C(C)(C)C)c1cc(F)cc2c1OC(CF)(CN=[N+]=[N-])C2. The van der Waals surface area contributed by atoms with Crippen LogP contribution >= 0.6 is 0 Å². The number of ether oxygens (including phenoxy) is 1. The lowest BCUT2D eigenvalue weighted by Gasteiger charge is -2.26. The van der Waals surface area contributed by atoms with Crippen molar-refractivity contribution in [1.82, 2.24) is 4.72 Å². The van der Waals surface area contributed by atoms with E-state index in [1.165, 1.54) is 12.1 Å². The van der Waals surface area contributed by atoms with Gasteiger partial charge in [0.15, 0.2) is 0 Å². The molecular weight excluding hydrogens is 350 g/mol. The van der Waals surface area contributed by atoms with Crippen molar-refractivity contribution in [1.29, 1.82) is 0 Å². The van der Waals surface area contributed by atoms with Gasteiger partial charge in [-0.2, -0.15) is 0 Å². The standard InChI is InChI=1S/C16H22F2N4O2S/c1-10(21-25(23)15(2,3)4)13-6-12(18)5-11-7-16(8-17,9-20-22-19)24-14(11)13/h5-6,10,21H,7-9H2,1-4H3/t10-,16?,25?/m1/s1. The molecule has 1 aliphatic rings. The van der Waals surface area contributed by atoms with Crippen LogP contribution in [-0.4, -0.2) is 27.8 Å². The minimum absolute atomic E-state index is 0.109. The lowest BCUT2D eigenvalue weighted by atomic mass is 9.96. The van der Waals surface area contributed by atoms with Crippen LogP contribution in [0, 0.1) is 5.82 Å². The Bertz CT molecular complexity index is 732. The number of benzene rings is 1. The Morgan fingerprint density at radius 2 is 2.20 bits per heavy atom. The molecule has 0 amide bonds. The quantitative estimate of drug-likeness (QED) is 0.466. The van der Waals surface area contributed by atoms with Crippen molar-refractivity contribution in [3.63, 3.8) is 0 Å². The third kappa shape index (κ3) is 4.29. The maximum atomic E-state index is 14.0. The van der Waals surface area contributed by atoms with Gasteiger partial charge >= 0.3 is 0 Å². The first-order chi connectivity index (χ1) is 11.6. The largest absolute Gasteiger partial charge is 0.483 e. The first-order valence-corrected chi connectivity index (χ1v) is 9.03. The van der Waals surface area contributed by atoms with Gasteiger partial charge in [-0.1, -0.05) is 5.11 Å². The molecule has 0 fully saturated rings. The number of alkyl halides is 1. The van der Waals surface area contributed by atoms with Crippen molar-refractivity contribution in [3.05, 3.63) is 39.5 Å². The summed E-state index contributed by atoms with van der Waals surface area (Å²) in [5.74, 6) is -0.121. The second-order valence-electron chi connectivity index (χ2n) is 7.19. The number of nitrogens with zero attached hydrogens (tertiary/aromatic N) is 3. The lowest BCUT2D eigenvalue weighted by Crippen LogP contribution is -2.40. The predicted molar refractivity (Wildman–Crippen MR) is 92.9 cm³/mol. The summed E-state index contributed by atoms with van der Waals surface area (Å²) in [5.41, 5.74) is 8.14. The fourth-order valence-corrected chi connectivity index (χ4v) is 3.42. The summed E-state index contributed by atoms with van der Waals surface area (Å²) >= 11 is 0. The Hall–Kier alpha value is -1.70. The summed E-state index contributed by atoms with van der Waals surface area (Å²) in [6.07, 6.45) is 0.109. The highest BCUT2D eigenvalue weighted by Gasteiger charge is 2.41. The summed E-state index contributed by atoms with van der Waals surface area (Å²) < 4.78 is 48.1. The van der Waals surface area contributed by atoms with E-state index in [4.69, 9.17) is 10.3 Å². The molecule has 25 heavy (non-hydrogen) atoms. The van der Waals surface area contributed by atoms with Crippen LogP contribution in [0.5, 0.6) is 5.75 Å². The van der Waals surface area contributed by atoms with Crippen LogP contribution in [-0.2, 0) is 17.4 Å². The molecule has 2 unspecified atom stereocenters. The molecule has 0 aliphatic carbocycles. The number of hydrogen-bond acceptors (Lipinski definition) is 3. The van der Waals surface area contributed by atoms with E-state index in [0.29, 0.717) is 16.9 Å². The zero-order chi connectivity index (χ0) is 18.8. The van der Waals surface area contributed by atoms with Gasteiger partial charge in [-0.15, -0.1) is 0 Å². The molecule has 1 aliphatic heterocycles. The molecule has 9 heteroatoms. The van der Waals surface area contributed by atoms with Crippen LogP contribution in [0.3, 0.4) is 0 Å². The Morgan fingerprint density at radius 1 is 1.52 bits per heavy atom. The van der Waals surface area contributed by atoms with Gasteiger partial charge in [0, 0.05) is 28.5 Å². The molecule has 0 saturated carbocycles. The van der Waals surface area contributed by atoms with E-state index in [9.17, 15) is 13.0 Å². The number of rotatable bonds is 6. The Kier molecular flexibility index (Phi) is 5.71. The van der Waals surface area contributed by atoms with Gasteiger partial charge in [0.05, 0.1) is 22.3 Å². The number of halogens is 2. The Labute approximate surface area is 148 Å². The fraction of sp³-hybridized carbons (Fsp3) is 0.625. The normalized spacial score (nSPS) is 21.8. The smallest absolute Gasteiger partial charge is 0.147 e. The average molecular weight is 372 g/mol. The van der Waals surface area contributed by atoms with Gasteiger partial charge in [0.25, 0.3) is 0 Å². The Morgan fingerprint density at radius 3 is 2.76 bits per heavy atom. The van der Waals surface area contributed by atoms with E-state index in [0.717, 1.165) is 0 Å². The average Bonchev–Trinajstić information content (AvgIpc) is 2.90. The van der Waals surface area contributed by atoms with Gasteiger partial charge in [-0.25, -0.2) is 17.7 Å². The van der Waals surface area contributed by atoms with Crippen LogP contribution in [0.25, 0.3) is 10.4 Å². The van der Waals surface area contributed by atoms with Gasteiger partial charge in [0.2, 0.25) is 0 Å². The first-order valence-electron chi connectivity index (χ1n) is 7.88. The molecule has 0 saturated heterocycles. The second-order valence-corrected chi connectivity index (χ2v) is 9.19. The van der Waals surface area contributed by atoms with Crippen molar-refractivity contribution in [2.45, 2.75) is 50.5 Å². The van der Waals surface area contributed by atoms with Crippen LogP contribution in [0.2, 0.25) is 0 Å². The molecule has 1 N–H and O–H groups in total. The number of hydrogen-bond donors (Lipinski definition) is 1. The molecular formula is C16H22F2N4O2S. The van der Waals surface area contributed by atoms with Crippen molar-refractivity contribution in [2.24, 2.45) is 5.11 Å². The van der Waals surface area contributed by atoms with E-state index in [1.54, 1.807) is 6.92 Å². The van der Waals surface area contributed by atoms with Crippen LogP contribution in [0.4, 0.5) is 8.78 Å². The molecule has 0 aromatic heterocycles. The third-order valence-corrected chi connectivity index (χ3v) is 5.64. The first kappa shape index (κ1) is 19.6. The van der Waals surface area contributed by atoms with E-state index in [2.05, 4.69) is 14.7 Å². The molecule has 0 bridgehead atoms. The molecule has 138 valence electrons. The van der Waals surface area contributed by atoms with Gasteiger partial charge in [-0.3, -0.25) is 0 Å². The van der Waals surface area contributed by atoms with Crippen LogP contribution < -0.4 is 9.46 Å². The van der Waals surface area contributed by atoms with Crippen LogP contribution in [0.1, 0.15) is 44.9 Å². The Balaban J connectivity index is 2.35. The second kappa shape index (κ2) is 7.27. The molecule has 1 aromatic rings. The monoisotopic (exact) mass is 372 g/mol. The topological polar surface area (TPSA) is 87.1 Å². The highest BCUT2D eigenvalue weighted by Crippen LogP contribution is 2.41. The number of azide groups is 1. The zero-order valence-corrected chi connectivity index (χ0v) is 15.5. The molecule has 0 spiro atoms. The summed E-state index contributed by atoms with van der Waals surface area (Å²) in [6, 6.07) is 2.11. The fourth-order valence-electron chi connectivity index (χ4n) is 2.62.